The predicted molar refractivity (Wildman–Crippen MR) is 79.4 cm³/mol. The zero-order chi connectivity index (χ0) is 14.1. The summed E-state index contributed by atoms with van der Waals surface area (Å²) in [7, 11) is 0. The molecule has 102 valence electrons. The van der Waals surface area contributed by atoms with Crippen molar-refractivity contribution in [3.8, 4) is 0 Å². The zero-order valence-electron chi connectivity index (χ0n) is 11.5. The van der Waals surface area contributed by atoms with E-state index in [4.69, 9.17) is 4.42 Å². The molecule has 3 aromatic rings. The van der Waals surface area contributed by atoms with E-state index >= 15 is 0 Å². The molecule has 3 rings (SSSR count). The van der Waals surface area contributed by atoms with Gasteiger partial charge in [0.2, 0.25) is 0 Å². The van der Waals surface area contributed by atoms with Crippen molar-refractivity contribution in [2.45, 2.75) is 19.9 Å². The summed E-state index contributed by atoms with van der Waals surface area (Å²) < 4.78 is 19.6. The lowest BCUT2D eigenvalue weighted by molar-refractivity contribution is 0.524. The molecule has 20 heavy (non-hydrogen) atoms. The first-order valence-corrected chi connectivity index (χ1v) is 6.65. The van der Waals surface area contributed by atoms with Crippen molar-refractivity contribution in [3.63, 3.8) is 0 Å². The van der Waals surface area contributed by atoms with Crippen molar-refractivity contribution in [2.24, 2.45) is 0 Å². The average Bonchev–Trinajstić information content (AvgIpc) is 2.87. The number of aryl methyl sites for hydroxylation is 1. The van der Waals surface area contributed by atoms with Crippen LogP contribution in [0.2, 0.25) is 0 Å². The van der Waals surface area contributed by atoms with E-state index in [1.54, 1.807) is 6.07 Å². The standard InChI is InChI=1S/C17H16FNO/c1-11-6-5-8-14(18)17(11)19-12(2)16-10-13-7-3-4-9-15(13)20-16/h3-10,12,19H,1-2H3. The van der Waals surface area contributed by atoms with Crippen LogP contribution in [0.5, 0.6) is 0 Å². The van der Waals surface area contributed by atoms with Gasteiger partial charge < -0.3 is 9.73 Å². The first-order chi connectivity index (χ1) is 9.65. The molecule has 0 radical (unpaired) electrons. The Morgan fingerprint density at radius 2 is 1.90 bits per heavy atom. The molecule has 1 heterocycles. The van der Waals surface area contributed by atoms with Crippen molar-refractivity contribution in [3.05, 3.63) is 65.7 Å². The topological polar surface area (TPSA) is 25.2 Å². The molecular weight excluding hydrogens is 253 g/mol. The molecular formula is C17H16FNO. The van der Waals surface area contributed by atoms with Gasteiger partial charge in [-0.15, -0.1) is 0 Å². The van der Waals surface area contributed by atoms with Crippen LogP contribution in [-0.2, 0) is 0 Å². The van der Waals surface area contributed by atoms with Gasteiger partial charge in [-0.05, 0) is 37.6 Å². The number of nitrogens with one attached hydrogen (secondary N) is 1. The third-order valence-electron chi connectivity index (χ3n) is 3.45. The summed E-state index contributed by atoms with van der Waals surface area (Å²) in [5, 5.41) is 4.24. The van der Waals surface area contributed by atoms with Gasteiger partial charge in [0.25, 0.3) is 0 Å². The lowest BCUT2D eigenvalue weighted by atomic mass is 10.1. The first kappa shape index (κ1) is 12.7. The summed E-state index contributed by atoms with van der Waals surface area (Å²) in [4.78, 5) is 0. The molecule has 0 aliphatic rings. The highest BCUT2D eigenvalue weighted by Crippen LogP contribution is 2.28. The normalized spacial score (nSPS) is 12.6. The predicted octanol–water partition coefficient (Wildman–Crippen LogP) is 5.05. The van der Waals surface area contributed by atoms with Crippen molar-refractivity contribution in [2.75, 3.05) is 5.32 Å². The van der Waals surface area contributed by atoms with Crippen molar-refractivity contribution in [1.82, 2.24) is 0 Å². The Balaban J connectivity index is 1.91. The van der Waals surface area contributed by atoms with Crippen molar-refractivity contribution in [1.29, 1.82) is 0 Å². The molecule has 3 heteroatoms. The van der Waals surface area contributed by atoms with E-state index in [1.807, 2.05) is 50.2 Å². The van der Waals surface area contributed by atoms with Gasteiger partial charge in [0.1, 0.15) is 17.2 Å². The second-order valence-corrected chi connectivity index (χ2v) is 4.98. The molecule has 1 aromatic heterocycles. The van der Waals surface area contributed by atoms with Crippen LogP contribution in [0, 0.1) is 12.7 Å². The molecule has 1 atom stereocenters. The zero-order valence-corrected chi connectivity index (χ0v) is 11.5. The van der Waals surface area contributed by atoms with Crippen LogP contribution < -0.4 is 5.32 Å². The number of anilines is 1. The van der Waals surface area contributed by atoms with Crippen molar-refractivity contribution >= 4 is 16.7 Å². The summed E-state index contributed by atoms with van der Waals surface area (Å²) in [6.07, 6.45) is 0. The molecule has 1 unspecified atom stereocenters. The summed E-state index contributed by atoms with van der Waals surface area (Å²) >= 11 is 0. The van der Waals surface area contributed by atoms with Crippen LogP contribution >= 0.6 is 0 Å². The van der Waals surface area contributed by atoms with E-state index in [0.717, 1.165) is 22.3 Å². The third-order valence-corrected chi connectivity index (χ3v) is 3.45. The molecule has 2 nitrogen and oxygen atoms in total. The number of furan rings is 1. The maximum Gasteiger partial charge on any atom is 0.146 e. The Morgan fingerprint density at radius 1 is 1.10 bits per heavy atom. The minimum Gasteiger partial charge on any atom is -0.459 e. The number of halogens is 1. The van der Waals surface area contributed by atoms with E-state index < -0.39 is 0 Å². The van der Waals surface area contributed by atoms with Crippen LogP contribution in [-0.4, -0.2) is 0 Å². The first-order valence-electron chi connectivity index (χ1n) is 6.65. The highest BCUT2D eigenvalue weighted by atomic mass is 19.1. The Morgan fingerprint density at radius 3 is 2.65 bits per heavy atom. The second kappa shape index (κ2) is 5.00. The maximum absolute atomic E-state index is 13.8. The number of rotatable bonds is 3. The molecule has 0 amide bonds. The summed E-state index contributed by atoms with van der Waals surface area (Å²) in [6.45, 7) is 3.85. The highest BCUT2D eigenvalue weighted by Gasteiger charge is 2.14. The largest absolute Gasteiger partial charge is 0.459 e. The van der Waals surface area contributed by atoms with Gasteiger partial charge >= 0.3 is 0 Å². The van der Waals surface area contributed by atoms with E-state index in [0.29, 0.717) is 5.69 Å². The van der Waals surface area contributed by atoms with Crippen LogP contribution in [0.25, 0.3) is 11.0 Å². The van der Waals surface area contributed by atoms with Crippen LogP contribution in [0.4, 0.5) is 10.1 Å². The molecule has 0 aliphatic heterocycles. The van der Waals surface area contributed by atoms with E-state index in [1.165, 1.54) is 6.07 Å². The average molecular weight is 269 g/mol. The fourth-order valence-corrected chi connectivity index (χ4v) is 2.32. The fourth-order valence-electron chi connectivity index (χ4n) is 2.32. The second-order valence-electron chi connectivity index (χ2n) is 4.98. The van der Waals surface area contributed by atoms with Gasteiger partial charge in [-0.3, -0.25) is 0 Å². The Labute approximate surface area is 117 Å². The van der Waals surface area contributed by atoms with Crippen LogP contribution in [0.15, 0.2) is 52.9 Å². The van der Waals surface area contributed by atoms with Gasteiger partial charge in [0.05, 0.1) is 11.7 Å². The monoisotopic (exact) mass is 269 g/mol. The van der Waals surface area contributed by atoms with Gasteiger partial charge in [-0.2, -0.15) is 0 Å². The van der Waals surface area contributed by atoms with Gasteiger partial charge in [0, 0.05) is 5.39 Å². The summed E-state index contributed by atoms with van der Waals surface area (Å²) in [5.74, 6) is 0.557. The smallest absolute Gasteiger partial charge is 0.146 e. The van der Waals surface area contributed by atoms with Crippen molar-refractivity contribution < 1.29 is 8.81 Å². The molecule has 0 aliphatic carbocycles. The number of benzene rings is 2. The molecule has 0 fully saturated rings. The van der Waals surface area contributed by atoms with Gasteiger partial charge in [-0.1, -0.05) is 30.3 Å². The SMILES string of the molecule is Cc1cccc(F)c1NC(C)c1cc2ccccc2o1. The number of fused-ring (bicyclic) bond motifs is 1. The van der Waals surface area contributed by atoms with E-state index in [9.17, 15) is 4.39 Å². The van der Waals surface area contributed by atoms with E-state index in [2.05, 4.69) is 5.32 Å². The number of hydrogen-bond donors (Lipinski definition) is 1. The molecule has 0 saturated carbocycles. The van der Waals surface area contributed by atoms with E-state index in [-0.39, 0.29) is 11.9 Å². The van der Waals surface area contributed by atoms with Crippen LogP contribution in [0.3, 0.4) is 0 Å². The minimum atomic E-state index is -0.243. The Kier molecular flexibility index (Phi) is 3.18. The summed E-state index contributed by atoms with van der Waals surface area (Å²) in [6, 6.07) is 14.8. The fraction of sp³-hybridized carbons (Fsp3) is 0.176. The van der Waals surface area contributed by atoms with Gasteiger partial charge in [-0.25, -0.2) is 4.39 Å². The molecule has 0 bridgehead atoms. The van der Waals surface area contributed by atoms with Gasteiger partial charge in [0.15, 0.2) is 0 Å². The Hall–Kier alpha value is -2.29. The lowest BCUT2D eigenvalue weighted by Crippen LogP contribution is -2.08. The minimum absolute atomic E-state index is 0.0991. The summed E-state index contributed by atoms with van der Waals surface area (Å²) in [5.41, 5.74) is 2.26. The van der Waals surface area contributed by atoms with Crippen LogP contribution in [0.1, 0.15) is 24.3 Å². The Bertz CT molecular complexity index is 694. The maximum atomic E-state index is 13.8. The third kappa shape index (κ3) is 2.27. The highest BCUT2D eigenvalue weighted by molar-refractivity contribution is 5.78. The molecule has 2 aromatic carbocycles. The quantitative estimate of drug-likeness (QED) is 0.719. The molecule has 1 N–H and O–H groups in total. The molecule has 0 spiro atoms. The molecule has 0 saturated heterocycles. The lowest BCUT2D eigenvalue weighted by Gasteiger charge is -2.15. The number of hydrogen-bond acceptors (Lipinski definition) is 2. The number of para-hydroxylation sites is 2.